The van der Waals surface area contributed by atoms with Crippen LogP contribution in [0.2, 0.25) is 0 Å². The standard InChI is InChI=1S/C27H20N4OS/c1-2-15-7-9-17(10-8-15)21-20(14-28)26(30)31-27-22(21)23(29)25(33-27)24(32)19-12-11-16-5-3-4-6-18(16)13-19/h3-13H,2,29H2,1H3,(H2,30,31). The van der Waals surface area contributed by atoms with Gasteiger partial charge in [0.1, 0.15) is 27.2 Å². The van der Waals surface area contributed by atoms with Gasteiger partial charge in [-0.15, -0.1) is 11.3 Å². The van der Waals surface area contributed by atoms with Gasteiger partial charge >= 0.3 is 0 Å². The molecule has 0 saturated carbocycles. The van der Waals surface area contributed by atoms with Crippen LogP contribution in [0.5, 0.6) is 0 Å². The summed E-state index contributed by atoms with van der Waals surface area (Å²) in [5.74, 6) is -0.0452. The van der Waals surface area contributed by atoms with Crippen LogP contribution in [-0.4, -0.2) is 10.8 Å². The van der Waals surface area contributed by atoms with Gasteiger partial charge in [-0.25, -0.2) is 4.98 Å². The molecule has 2 aromatic heterocycles. The first-order valence-electron chi connectivity index (χ1n) is 10.6. The number of carbonyl (C=O) groups is 1. The van der Waals surface area contributed by atoms with Crippen molar-refractivity contribution in [1.29, 1.82) is 5.26 Å². The number of rotatable bonds is 4. The summed E-state index contributed by atoms with van der Waals surface area (Å²) in [5, 5.41) is 12.5. The molecular formula is C27H20N4OS. The van der Waals surface area contributed by atoms with E-state index in [1.165, 1.54) is 16.9 Å². The SMILES string of the molecule is CCc1ccc(-c2c(C#N)c(N)nc3sc(C(=O)c4ccc5ccccc5c4)c(N)c23)cc1. The molecule has 0 aliphatic rings. The lowest BCUT2D eigenvalue weighted by molar-refractivity contribution is 0.104. The van der Waals surface area contributed by atoms with Crippen LogP contribution in [0.3, 0.4) is 0 Å². The number of hydrogen-bond acceptors (Lipinski definition) is 6. The number of hydrogen-bond donors (Lipinski definition) is 2. The third kappa shape index (κ3) is 3.39. The fraction of sp³-hybridized carbons (Fsp3) is 0.0741. The van der Waals surface area contributed by atoms with Gasteiger partial charge in [0.2, 0.25) is 5.78 Å². The molecule has 0 radical (unpaired) electrons. The van der Waals surface area contributed by atoms with E-state index in [1.807, 2.05) is 60.7 Å². The molecule has 5 rings (SSSR count). The highest BCUT2D eigenvalue weighted by molar-refractivity contribution is 7.21. The molecular weight excluding hydrogens is 428 g/mol. The maximum Gasteiger partial charge on any atom is 0.205 e. The second-order valence-corrected chi connectivity index (χ2v) is 8.82. The van der Waals surface area contributed by atoms with Gasteiger partial charge in [-0.1, -0.05) is 67.6 Å². The molecule has 160 valence electrons. The minimum absolute atomic E-state index is 0.130. The lowest BCUT2D eigenvalue weighted by atomic mass is 9.95. The largest absolute Gasteiger partial charge is 0.397 e. The fourth-order valence-corrected chi connectivity index (χ4v) is 5.18. The monoisotopic (exact) mass is 448 g/mol. The van der Waals surface area contributed by atoms with Crippen molar-refractivity contribution in [2.24, 2.45) is 0 Å². The van der Waals surface area contributed by atoms with Crippen LogP contribution in [0.15, 0.2) is 66.7 Å². The summed E-state index contributed by atoms with van der Waals surface area (Å²) in [6.45, 7) is 2.08. The number of carbonyl (C=O) groups excluding carboxylic acids is 1. The van der Waals surface area contributed by atoms with E-state index in [1.54, 1.807) is 6.07 Å². The molecule has 5 aromatic rings. The van der Waals surface area contributed by atoms with Gasteiger partial charge in [-0.05, 0) is 34.4 Å². The van der Waals surface area contributed by atoms with Gasteiger partial charge in [-0.2, -0.15) is 5.26 Å². The molecule has 0 unspecified atom stereocenters. The summed E-state index contributed by atoms with van der Waals surface area (Å²) in [6, 6.07) is 23.6. The van der Waals surface area contributed by atoms with Crippen LogP contribution < -0.4 is 11.5 Å². The first kappa shape index (κ1) is 20.7. The van der Waals surface area contributed by atoms with Crippen molar-refractivity contribution in [2.75, 3.05) is 11.5 Å². The first-order valence-corrected chi connectivity index (χ1v) is 11.4. The first-order chi connectivity index (χ1) is 16.0. The van der Waals surface area contributed by atoms with Crippen LogP contribution in [0.4, 0.5) is 11.5 Å². The molecule has 0 aliphatic heterocycles. The Labute approximate surface area is 194 Å². The number of benzene rings is 3. The maximum atomic E-state index is 13.5. The van der Waals surface area contributed by atoms with Crippen molar-refractivity contribution in [2.45, 2.75) is 13.3 Å². The zero-order chi connectivity index (χ0) is 23.1. The van der Waals surface area contributed by atoms with E-state index in [0.717, 1.165) is 22.8 Å². The normalized spacial score (nSPS) is 11.0. The van der Waals surface area contributed by atoms with E-state index in [0.29, 0.717) is 31.9 Å². The smallest absolute Gasteiger partial charge is 0.205 e. The van der Waals surface area contributed by atoms with Crippen molar-refractivity contribution in [3.63, 3.8) is 0 Å². The zero-order valence-electron chi connectivity index (χ0n) is 17.9. The van der Waals surface area contributed by atoms with Crippen molar-refractivity contribution in [3.05, 3.63) is 88.3 Å². The number of aryl methyl sites for hydroxylation is 1. The van der Waals surface area contributed by atoms with Gasteiger partial charge in [0, 0.05) is 16.5 Å². The molecule has 2 heterocycles. The zero-order valence-corrected chi connectivity index (χ0v) is 18.7. The second kappa shape index (κ2) is 8.05. The molecule has 0 aliphatic carbocycles. The predicted octanol–water partition coefficient (Wildman–Crippen LogP) is 5.95. The lowest BCUT2D eigenvalue weighted by Crippen LogP contribution is -2.03. The van der Waals surface area contributed by atoms with Gasteiger partial charge in [0.25, 0.3) is 0 Å². The van der Waals surface area contributed by atoms with Gasteiger partial charge < -0.3 is 11.5 Å². The Morgan fingerprint density at radius 1 is 1.03 bits per heavy atom. The minimum Gasteiger partial charge on any atom is -0.397 e. The summed E-state index contributed by atoms with van der Waals surface area (Å²) in [6.07, 6.45) is 0.907. The average molecular weight is 449 g/mol. The third-order valence-electron chi connectivity index (χ3n) is 5.89. The molecule has 0 amide bonds. The van der Waals surface area contributed by atoms with E-state index in [2.05, 4.69) is 18.0 Å². The number of nitriles is 1. The molecule has 0 spiro atoms. The molecule has 0 saturated heterocycles. The molecule has 3 aromatic carbocycles. The average Bonchev–Trinajstić information content (AvgIpc) is 3.18. The Bertz CT molecular complexity index is 1590. The van der Waals surface area contributed by atoms with Gasteiger partial charge in [0.05, 0.1) is 5.69 Å². The van der Waals surface area contributed by atoms with Crippen molar-refractivity contribution in [3.8, 4) is 17.2 Å². The van der Waals surface area contributed by atoms with Crippen LogP contribution in [0, 0.1) is 11.3 Å². The van der Waals surface area contributed by atoms with E-state index in [4.69, 9.17) is 11.5 Å². The summed E-state index contributed by atoms with van der Waals surface area (Å²) in [4.78, 5) is 18.8. The molecule has 6 heteroatoms. The molecule has 0 bridgehead atoms. The molecule has 0 atom stereocenters. The number of nitrogen functional groups attached to an aromatic ring is 2. The number of aromatic nitrogens is 1. The van der Waals surface area contributed by atoms with Crippen LogP contribution >= 0.6 is 11.3 Å². The van der Waals surface area contributed by atoms with Crippen LogP contribution in [-0.2, 0) is 6.42 Å². The number of fused-ring (bicyclic) bond motifs is 2. The highest BCUT2D eigenvalue weighted by Gasteiger charge is 2.25. The fourth-order valence-electron chi connectivity index (χ4n) is 4.11. The Kier molecular flexibility index (Phi) is 5.04. The van der Waals surface area contributed by atoms with Crippen molar-refractivity contribution < 1.29 is 4.79 Å². The predicted molar refractivity (Wildman–Crippen MR) is 135 cm³/mol. The Hall–Kier alpha value is -4.21. The molecule has 5 nitrogen and oxygen atoms in total. The Balaban J connectivity index is 1.72. The summed E-state index contributed by atoms with van der Waals surface area (Å²) >= 11 is 1.21. The maximum absolute atomic E-state index is 13.5. The van der Waals surface area contributed by atoms with Crippen molar-refractivity contribution in [1.82, 2.24) is 4.98 Å². The van der Waals surface area contributed by atoms with Crippen LogP contribution in [0.25, 0.3) is 32.1 Å². The summed E-state index contributed by atoms with van der Waals surface area (Å²) < 4.78 is 0. The van der Waals surface area contributed by atoms with E-state index in [-0.39, 0.29) is 17.2 Å². The summed E-state index contributed by atoms with van der Waals surface area (Å²) in [7, 11) is 0. The second-order valence-electron chi connectivity index (χ2n) is 7.83. The number of nitrogens with two attached hydrogens (primary N) is 2. The molecule has 33 heavy (non-hydrogen) atoms. The Morgan fingerprint density at radius 2 is 1.76 bits per heavy atom. The molecule has 0 fully saturated rings. The number of ketones is 1. The highest BCUT2D eigenvalue weighted by atomic mass is 32.1. The van der Waals surface area contributed by atoms with E-state index in [9.17, 15) is 10.1 Å². The quantitative estimate of drug-likeness (QED) is 0.331. The van der Waals surface area contributed by atoms with Crippen molar-refractivity contribution >= 4 is 49.6 Å². The Morgan fingerprint density at radius 3 is 2.45 bits per heavy atom. The summed E-state index contributed by atoms with van der Waals surface area (Å²) in [5.41, 5.74) is 16.5. The molecule has 4 N–H and O–H groups in total. The van der Waals surface area contributed by atoms with Crippen LogP contribution in [0.1, 0.15) is 33.3 Å². The number of anilines is 2. The topological polar surface area (TPSA) is 106 Å². The lowest BCUT2D eigenvalue weighted by Gasteiger charge is -2.10. The third-order valence-corrected chi connectivity index (χ3v) is 6.98. The van der Waals surface area contributed by atoms with E-state index >= 15 is 0 Å². The van der Waals surface area contributed by atoms with Gasteiger partial charge in [0.15, 0.2) is 0 Å². The minimum atomic E-state index is -0.175. The van der Waals surface area contributed by atoms with E-state index < -0.39 is 0 Å². The van der Waals surface area contributed by atoms with Gasteiger partial charge in [-0.3, -0.25) is 4.79 Å². The number of thiophene rings is 1. The number of pyridine rings is 1. The highest BCUT2D eigenvalue weighted by Crippen LogP contribution is 2.43. The number of nitrogens with zero attached hydrogens (tertiary/aromatic N) is 2.